The minimum absolute atomic E-state index is 0.286. The Hall–Kier alpha value is -2.50. The highest BCUT2D eigenvalue weighted by atomic mass is 16.7. The van der Waals surface area contributed by atoms with Crippen LogP contribution in [0.5, 0.6) is 17.2 Å². The van der Waals surface area contributed by atoms with Crippen LogP contribution in [0.4, 0.5) is 5.95 Å². The molecule has 0 bridgehead atoms. The van der Waals surface area contributed by atoms with Crippen molar-refractivity contribution in [2.45, 2.75) is 6.54 Å². The van der Waals surface area contributed by atoms with Crippen molar-refractivity contribution >= 4 is 5.95 Å². The first-order valence-corrected chi connectivity index (χ1v) is 5.83. The minimum Gasteiger partial charge on any atom is -0.494 e. The van der Waals surface area contributed by atoms with E-state index < -0.39 is 0 Å². The molecule has 0 radical (unpaired) electrons. The van der Waals surface area contributed by atoms with Gasteiger partial charge in [0.15, 0.2) is 17.2 Å². The molecule has 2 heterocycles. The number of nitrogens with zero attached hydrogens (tertiary/aromatic N) is 2. The Morgan fingerprint density at radius 1 is 1.21 bits per heavy atom. The van der Waals surface area contributed by atoms with Crippen LogP contribution in [-0.2, 0) is 6.54 Å². The third-order valence-corrected chi connectivity index (χ3v) is 2.75. The molecule has 0 atom stereocenters. The lowest BCUT2D eigenvalue weighted by Crippen LogP contribution is -2.03. The third-order valence-electron chi connectivity index (χ3n) is 2.75. The van der Waals surface area contributed by atoms with Gasteiger partial charge in [0.2, 0.25) is 12.7 Å². The summed E-state index contributed by atoms with van der Waals surface area (Å²) in [4.78, 5) is 8.27. The number of ether oxygens (including phenoxy) is 3. The summed E-state index contributed by atoms with van der Waals surface area (Å²) in [5.74, 6) is 2.74. The quantitative estimate of drug-likeness (QED) is 0.903. The maximum absolute atomic E-state index is 5.32. The number of benzene rings is 1. The van der Waals surface area contributed by atoms with Gasteiger partial charge in [-0.2, -0.15) is 0 Å². The Bertz CT molecular complexity index is 572. The largest absolute Gasteiger partial charge is 0.494 e. The number of fused-ring (bicyclic) bond motifs is 1. The average Bonchev–Trinajstić information content (AvgIpc) is 2.93. The first-order valence-electron chi connectivity index (χ1n) is 5.83. The van der Waals surface area contributed by atoms with Gasteiger partial charge in [0.05, 0.1) is 19.5 Å². The van der Waals surface area contributed by atoms with E-state index in [0.29, 0.717) is 18.2 Å². The van der Waals surface area contributed by atoms with E-state index in [1.165, 1.54) is 0 Å². The SMILES string of the molecule is COc1cnc(NCc2ccc3c(c2)OCO3)nc1. The number of rotatable bonds is 4. The molecule has 1 N–H and O–H groups in total. The zero-order valence-electron chi connectivity index (χ0n) is 10.4. The molecule has 0 amide bonds. The number of hydrogen-bond acceptors (Lipinski definition) is 6. The molecule has 0 saturated heterocycles. The van der Waals surface area contributed by atoms with Crippen molar-refractivity contribution in [2.24, 2.45) is 0 Å². The Balaban J connectivity index is 1.65. The summed E-state index contributed by atoms with van der Waals surface area (Å²) in [6.07, 6.45) is 3.24. The molecular formula is C13H13N3O3. The van der Waals surface area contributed by atoms with Crippen LogP contribution in [0.25, 0.3) is 0 Å². The maximum Gasteiger partial charge on any atom is 0.231 e. The topological polar surface area (TPSA) is 65.5 Å². The highest BCUT2D eigenvalue weighted by Crippen LogP contribution is 2.32. The number of aromatic nitrogens is 2. The van der Waals surface area contributed by atoms with Crippen LogP contribution in [0.15, 0.2) is 30.6 Å². The van der Waals surface area contributed by atoms with Crippen LogP contribution in [0, 0.1) is 0 Å². The Labute approximate surface area is 110 Å². The molecule has 1 aliphatic rings. The van der Waals surface area contributed by atoms with Crippen molar-refractivity contribution in [3.8, 4) is 17.2 Å². The summed E-state index contributed by atoms with van der Waals surface area (Å²) in [5.41, 5.74) is 1.07. The fraction of sp³-hybridized carbons (Fsp3) is 0.231. The molecule has 1 aromatic heterocycles. The Morgan fingerprint density at radius 3 is 2.79 bits per heavy atom. The summed E-state index contributed by atoms with van der Waals surface area (Å²) >= 11 is 0. The Kier molecular flexibility index (Phi) is 3.06. The maximum atomic E-state index is 5.32. The van der Waals surface area contributed by atoms with Gasteiger partial charge in [0, 0.05) is 6.54 Å². The van der Waals surface area contributed by atoms with Crippen LogP contribution < -0.4 is 19.5 Å². The normalized spacial score (nSPS) is 12.3. The smallest absolute Gasteiger partial charge is 0.231 e. The second kappa shape index (κ2) is 5.01. The van der Waals surface area contributed by atoms with Crippen LogP contribution in [-0.4, -0.2) is 23.9 Å². The van der Waals surface area contributed by atoms with Crippen molar-refractivity contribution in [2.75, 3.05) is 19.2 Å². The van der Waals surface area contributed by atoms with Crippen LogP contribution in [0.1, 0.15) is 5.56 Å². The fourth-order valence-corrected chi connectivity index (χ4v) is 1.74. The average molecular weight is 259 g/mol. The first-order chi connectivity index (χ1) is 9.35. The molecule has 0 aliphatic carbocycles. The highest BCUT2D eigenvalue weighted by Gasteiger charge is 2.12. The lowest BCUT2D eigenvalue weighted by molar-refractivity contribution is 0.174. The molecule has 6 nitrogen and oxygen atoms in total. The molecule has 0 saturated carbocycles. The van der Waals surface area contributed by atoms with Gasteiger partial charge in [-0.05, 0) is 17.7 Å². The zero-order chi connectivity index (χ0) is 13.1. The van der Waals surface area contributed by atoms with Crippen molar-refractivity contribution < 1.29 is 14.2 Å². The van der Waals surface area contributed by atoms with Gasteiger partial charge in [-0.3, -0.25) is 0 Å². The van der Waals surface area contributed by atoms with Gasteiger partial charge in [-0.1, -0.05) is 6.07 Å². The molecule has 1 aliphatic heterocycles. The summed E-state index contributed by atoms with van der Waals surface area (Å²) in [6, 6.07) is 5.82. The van der Waals surface area contributed by atoms with Gasteiger partial charge < -0.3 is 19.5 Å². The highest BCUT2D eigenvalue weighted by molar-refractivity contribution is 5.45. The van der Waals surface area contributed by atoms with Gasteiger partial charge >= 0.3 is 0 Å². The summed E-state index contributed by atoms with van der Waals surface area (Å²) < 4.78 is 15.6. The molecule has 3 rings (SSSR count). The number of hydrogen-bond donors (Lipinski definition) is 1. The van der Waals surface area contributed by atoms with Gasteiger partial charge in [-0.15, -0.1) is 0 Å². The van der Waals surface area contributed by atoms with Gasteiger partial charge in [-0.25, -0.2) is 9.97 Å². The van der Waals surface area contributed by atoms with E-state index in [-0.39, 0.29) is 6.79 Å². The van der Waals surface area contributed by atoms with Crippen molar-refractivity contribution in [3.63, 3.8) is 0 Å². The van der Waals surface area contributed by atoms with E-state index in [1.54, 1.807) is 19.5 Å². The van der Waals surface area contributed by atoms with E-state index in [9.17, 15) is 0 Å². The summed E-state index contributed by atoms with van der Waals surface area (Å²) in [7, 11) is 1.58. The standard InChI is InChI=1S/C13H13N3O3/c1-17-10-6-15-13(16-7-10)14-5-9-2-3-11-12(4-9)19-8-18-11/h2-4,6-7H,5,8H2,1H3,(H,14,15,16). The first kappa shape index (κ1) is 11.6. The molecule has 98 valence electrons. The summed E-state index contributed by atoms with van der Waals surface area (Å²) in [6.45, 7) is 0.900. The molecule has 2 aromatic rings. The summed E-state index contributed by atoms with van der Waals surface area (Å²) in [5, 5.41) is 3.13. The van der Waals surface area contributed by atoms with Crippen LogP contribution >= 0.6 is 0 Å². The van der Waals surface area contributed by atoms with E-state index >= 15 is 0 Å². The van der Waals surface area contributed by atoms with Gasteiger partial charge in [0.25, 0.3) is 0 Å². The monoisotopic (exact) mass is 259 g/mol. The Morgan fingerprint density at radius 2 is 2.00 bits per heavy atom. The number of nitrogens with one attached hydrogen (secondary N) is 1. The molecule has 19 heavy (non-hydrogen) atoms. The molecular weight excluding hydrogens is 246 g/mol. The predicted molar refractivity (Wildman–Crippen MR) is 68.5 cm³/mol. The third kappa shape index (κ3) is 2.52. The molecule has 1 aromatic carbocycles. The van der Waals surface area contributed by atoms with Crippen molar-refractivity contribution in [1.29, 1.82) is 0 Å². The molecule has 6 heteroatoms. The second-order valence-electron chi connectivity index (χ2n) is 3.99. The lowest BCUT2D eigenvalue weighted by Gasteiger charge is -2.06. The van der Waals surface area contributed by atoms with Crippen LogP contribution in [0.3, 0.4) is 0 Å². The lowest BCUT2D eigenvalue weighted by atomic mass is 10.2. The number of methoxy groups -OCH3 is 1. The predicted octanol–water partition coefficient (Wildman–Crippen LogP) is 1.83. The second-order valence-corrected chi connectivity index (χ2v) is 3.99. The molecule has 0 spiro atoms. The van der Waals surface area contributed by atoms with E-state index in [2.05, 4.69) is 15.3 Å². The molecule has 0 fully saturated rings. The van der Waals surface area contributed by atoms with Crippen molar-refractivity contribution in [3.05, 3.63) is 36.2 Å². The van der Waals surface area contributed by atoms with E-state index in [4.69, 9.17) is 14.2 Å². The fourth-order valence-electron chi connectivity index (χ4n) is 1.74. The van der Waals surface area contributed by atoms with Crippen LogP contribution in [0.2, 0.25) is 0 Å². The minimum atomic E-state index is 0.286. The van der Waals surface area contributed by atoms with Gasteiger partial charge in [0.1, 0.15) is 0 Å². The molecule has 0 unspecified atom stereocenters. The van der Waals surface area contributed by atoms with E-state index in [1.807, 2.05) is 18.2 Å². The van der Waals surface area contributed by atoms with Crippen molar-refractivity contribution in [1.82, 2.24) is 9.97 Å². The zero-order valence-corrected chi connectivity index (χ0v) is 10.4. The number of anilines is 1. The van der Waals surface area contributed by atoms with E-state index in [0.717, 1.165) is 17.1 Å².